The molecule has 1 aromatic carbocycles. The van der Waals surface area contributed by atoms with Crippen molar-refractivity contribution in [1.82, 2.24) is 16.0 Å². The summed E-state index contributed by atoms with van der Waals surface area (Å²) in [5.74, 6) is -1.86. The van der Waals surface area contributed by atoms with Crippen LogP contribution in [-0.2, 0) is 25.7 Å². The average molecular weight is 432 g/mol. The molecule has 9 heteroatoms. The molecule has 1 saturated heterocycles. The monoisotopic (exact) mass is 431 g/mol. The lowest BCUT2D eigenvalue weighted by Gasteiger charge is -2.25. The second-order valence-electron chi connectivity index (χ2n) is 6.98. The van der Waals surface area contributed by atoms with E-state index in [9.17, 15) is 19.5 Å². The first-order valence-electron chi connectivity index (χ1n) is 9.79. The largest absolute Gasteiger partial charge is 0.356 e. The molecule has 1 aromatic heterocycles. The summed E-state index contributed by atoms with van der Waals surface area (Å²) >= 11 is 1.40. The highest BCUT2D eigenvalue weighted by Crippen LogP contribution is 2.19. The fourth-order valence-electron chi connectivity index (χ4n) is 3.15. The number of ketones is 1. The molecule has 3 atom stereocenters. The second-order valence-corrected chi connectivity index (χ2v) is 7.76. The standard InChI is InChI=1S/C21H25N3O5S/c25-18-16(8-4-5-10-22-20(18)27)23-19(26)17(15-9-11-30-13-15)24-21(28)29-12-14-6-2-1-3-7-14/h1-3,6-7,9,11,13,16-17,21,24,28H,4-5,8,10,12H2,(H,22,27)(H,23,26). The minimum absolute atomic E-state index is 0.161. The highest BCUT2D eigenvalue weighted by Gasteiger charge is 2.31. The van der Waals surface area contributed by atoms with Gasteiger partial charge in [-0.1, -0.05) is 30.3 Å². The summed E-state index contributed by atoms with van der Waals surface area (Å²) in [4.78, 5) is 37.1. The molecule has 4 N–H and O–H groups in total. The van der Waals surface area contributed by atoms with Gasteiger partial charge in [0, 0.05) is 6.54 Å². The summed E-state index contributed by atoms with van der Waals surface area (Å²) in [5, 5.41) is 21.8. The van der Waals surface area contributed by atoms with Gasteiger partial charge < -0.3 is 20.5 Å². The Kier molecular flexibility index (Phi) is 8.09. The molecule has 160 valence electrons. The van der Waals surface area contributed by atoms with Gasteiger partial charge in [-0.3, -0.25) is 19.7 Å². The van der Waals surface area contributed by atoms with Crippen LogP contribution in [0.15, 0.2) is 47.2 Å². The second kappa shape index (κ2) is 11.0. The van der Waals surface area contributed by atoms with Crippen LogP contribution in [0.2, 0.25) is 0 Å². The summed E-state index contributed by atoms with van der Waals surface area (Å²) in [5.41, 5.74) is 1.50. The molecule has 2 aromatic rings. The van der Waals surface area contributed by atoms with Crippen molar-refractivity contribution in [3.8, 4) is 0 Å². The number of nitrogens with one attached hydrogen (secondary N) is 3. The van der Waals surface area contributed by atoms with Crippen molar-refractivity contribution >= 4 is 28.9 Å². The van der Waals surface area contributed by atoms with Crippen LogP contribution in [0.4, 0.5) is 0 Å². The minimum atomic E-state index is -1.41. The normalized spacial score (nSPS) is 19.3. The average Bonchev–Trinajstić information content (AvgIpc) is 3.28. The Balaban J connectivity index is 1.64. The number of rotatable bonds is 8. The van der Waals surface area contributed by atoms with E-state index >= 15 is 0 Å². The Bertz CT molecular complexity index is 844. The highest BCUT2D eigenvalue weighted by molar-refractivity contribution is 7.08. The summed E-state index contributed by atoms with van der Waals surface area (Å²) in [6, 6.07) is 9.24. The number of Topliss-reactive ketones (excluding diaryl/α,β-unsaturated/α-hetero) is 1. The zero-order chi connectivity index (χ0) is 21.3. The van der Waals surface area contributed by atoms with Crippen LogP contribution in [0.1, 0.15) is 36.4 Å². The lowest BCUT2D eigenvalue weighted by molar-refractivity contribution is -0.147. The van der Waals surface area contributed by atoms with Gasteiger partial charge >= 0.3 is 0 Å². The van der Waals surface area contributed by atoms with E-state index in [4.69, 9.17) is 4.74 Å². The first-order chi connectivity index (χ1) is 14.5. The molecule has 2 heterocycles. The number of amides is 2. The van der Waals surface area contributed by atoms with Gasteiger partial charge in [-0.2, -0.15) is 11.3 Å². The molecule has 8 nitrogen and oxygen atoms in total. The molecule has 0 radical (unpaired) electrons. The minimum Gasteiger partial charge on any atom is -0.356 e. The molecule has 30 heavy (non-hydrogen) atoms. The Morgan fingerprint density at radius 3 is 2.77 bits per heavy atom. The van der Waals surface area contributed by atoms with Crippen molar-refractivity contribution in [2.45, 2.75) is 44.4 Å². The Morgan fingerprint density at radius 2 is 2.03 bits per heavy atom. The number of aliphatic hydroxyl groups excluding tert-OH is 1. The van der Waals surface area contributed by atoms with Gasteiger partial charge in [0.15, 0.2) is 0 Å². The fourth-order valence-corrected chi connectivity index (χ4v) is 3.83. The van der Waals surface area contributed by atoms with Crippen LogP contribution in [0.25, 0.3) is 0 Å². The van der Waals surface area contributed by atoms with E-state index < -0.39 is 36.1 Å². The van der Waals surface area contributed by atoms with Crippen LogP contribution in [0, 0.1) is 0 Å². The van der Waals surface area contributed by atoms with Crippen LogP contribution in [-0.4, -0.2) is 41.7 Å². The lowest BCUT2D eigenvalue weighted by Crippen LogP contribution is -2.52. The highest BCUT2D eigenvalue weighted by atomic mass is 32.1. The van der Waals surface area contributed by atoms with Crippen molar-refractivity contribution in [1.29, 1.82) is 0 Å². The van der Waals surface area contributed by atoms with Gasteiger partial charge in [0.2, 0.25) is 18.1 Å². The third kappa shape index (κ3) is 6.20. The topological polar surface area (TPSA) is 117 Å². The number of aliphatic hydroxyl groups is 1. The molecule has 1 aliphatic rings. The molecule has 0 aliphatic carbocycles. The maximum Gasteiger partial charge on any atom is 0.289 e. The van der Waals surface area contributed by atoms with Crippen molar-refractivity contribution < 1.29 is 24.2 Å². The molecule has 3 rings (SSSR count). The van der Waals surface area contributed by atoms with E-state index in [1.54, 1.807) is 11.4 Å². The smallest absolute Gasteiger partial charge is 0.289 e. The van der Waals surface area contributed by atoms with E-state index in [0.717, 1.165) is 12.0 Å². The maximum absolute atomic E-state index is 13.0. The van der Waals surface area contributed by atoms with Gasteiger partial charge in [0.1, 0.15) is 6.04 Å². The van der Waals surface area contributed by atoms with Crippen LogP contribution < -0.4 is 16.0 Å². The summed E-state index contributed by atoms with van der Waals surface area (Å²) in [6.07, 6.45) is 0.429. The van der Waals surface area contributed by atoms with Gasteiger partial charge in [0.05, 0.1) is 12.6 Å². The SMILES string of the molecule is O=C1NCCCCC(NC(=O)C(NC(O)OCc2ccccc2)c2ccsc2)C1=O. The van der Waals surface area contributed by atoms with E-state index in [1.165, 1.54) is 11.3 Å². The fraction of sp³-hybridized carbons (Fsp3) is 0.381. The number of carbonyl (C=O) groups is 3. The predicted octanol–water partition coefficient (Wildman–Crippen LogP) is 1.23. The number of hydrogen-bond acceptors (Lipinski definition) is 7. The van der Waals surface area contributed by atoms with Gasteiger partial charge in [-0.25, -0.2) is 0 Å². The molecule has 1 fully saturated rings. The van der Waals surface area contributed by atoms with Crippen LogP contribution in [0.3, 0.4) is 0 Å². The van der Waals surface area contributed by atoms with Gasteiger partial charge in [0.25, 0.3) is 5.91 Å². The number of hydrogen-bond donors (Lipinski definition) is 4. The molecule has 1 aliphatic heterocycles. The molecule has 3 unspecified atom stereocenters. The van der Waals surface area contributed by atoms with E-state index in [0.29, 0.717) is 24.9 Å². The number of ether oxygens (including phenoxy) is 1. The molecule has 2 amide bonds. The predicted molar refractivity (Wildman–Crippen MR) is 111 cm³/mol. The van der Waals surface area contributed by atoms with Crippen molar-refractivity contribution in [2.75, 3.05) is 6.54 Å². The number of carbonyl (C=O) groups excluding carboxylic acids is 3. The molecular weight excluding hydrogens is 406 g/mol. The molecule has 0 saturated carbocycles. The van der Waals surface area contributed by atoms with Gasteiger partial charge in [-0.05, 0) is 47.2 Å². The third-order valence-electron chi connectivity index (χ3n) is 4.76. The van der Waals surface area contributed by atoms with E-state index in [-0.39, 0.29) is 6.61 Å². The summed E-state index contributed by atoms with van der Waals surface area (Å²) < 4.78 is 5.41. The zero-order valence-corrected chi connectivity index (χ0v) is 17.2. The maximum atomic E-state index is 13.0. The number of benzene rings is 1. The number of thiophene rings is 1. The van der Waals surface area contributed by atoms with Gasteiger partial charge in [-0.15, -0.1) is 0 Å². The Morgan fingerprint density at radius 1 is 1.23 bits per heavy atom. The van der Waals surface area contributed by atoms with Crippen molar-refractivity contribution in [2.24, 2.45) is 0 Å². The van der Waals surface area contributed by atoms with E-state index in [1.807, 2.05) is 35.7 Å². The van der Waals surface area contributed by atoms with Crippen molar-refractivity contribution in [3.63, 3.8) is 0 Å². The first-order valence-corrected chi connectivity index (χ1v) is 10.7. The molecule has 0 spiro atoms. The molecule has 0 bridgehead atoms. The zero-order valence-electron chi connectivity index (χ0n) is 16.4. The summed E-state index contributed by atoms with van der Waals surface area (Å²) in [6.45, 7) is 0.615. The Hall–Kier alpha value is -2.59. The van der Waals surface area contributed by atoms with Crippen molar-refractivity contribution in [3.05, 3.63) is 58.3 Å². The first kappa shape index (κ1) is 22.1. The lowest BCUT2D eigenvalue weighted by atomic mass is 10.0. The van der Waals surface area contributed by atoms with Crippen LogP contribution in [0.5, 0.6) is 0 Å². The van der Waals surface area contributed by atoms with Crippen LogP contribution >= 0.6 is 11.3 Å². The Labute approximate surface area is 178 Å². The van der Waals surface area contributed by atoms with E-state index in [2.05, 4.69) is 16.0 Å². The summed E-state index contributed by atoms with van der Waals surface area (Å²) in [7, 11) is 0. The third-order valence-corrected chi connectivity index (χ3v) is 5.46. The molecular formula is C21H25N3O5S. The quantitative estimate of drug-likeness (QED) is 0.369.